The maximum Gasteiger partial charge on any atom is 0.126 e. The van der Waals surface area contributed by atoms with E-state index in [2.05, 4.69) is 30.3 Å². The Hall–Kier alpha value is -1.26. The van der Waals surface area contributed by atoms with E-state index in [0.29, 0.717) is 0 Å². The summed E-state index contributed by atoms with van der Waals surface area (Å²) >= 11 is 0. The van der Waals surface area contributed by atoms with Crippen molar-refractivity contribution in [2.45, 2.75) is 13.3 Å². The molecule has 0 amide bonds. The molecular weight excluding hydrogens is 240 g/mol. The summed E-state index contributed by atoms with van der Waals surface area (Å²) in [6, 6.07) is 4.02. The van der Waals surface area contributed by atoms with E-state index in [1.165, 1.54) is 11.1 Å². The average Bonchev–Trinajstić information content (AvgIpc) is 2.42. The molecule has 0 atom stereocenters. The third kappa shape index (κ3) is 4.73. The van der Waals surface area contributed by atoms with Gasteiger partial charge < -0.3 is 19.7 Å². The van der Waals surface area contributed by atoms with E-state index < -0.39 is 0 Å². The highest BCUT2D eigenvalue weighted by Gasteiger charge is 2.10. The summed E-state index contributed by atoms with van der Waals surface area (Å²) in [5, 5.41) is 3.16. The van der Waals surface area contributed by atoms with Crippen molar-refractivity contribution in [3.05, 3.63) is 23.3 Å². The monoisotopic (exact) mass is 266 g/mol. The van der Waals surface area contributed by atoms with Crippen molar-refractivity contribution in [2.24, 2.45) is 0 Å². The van der Waals surface area contributed by atoms with Gasteiger partial charge in [0.15, 0.2) is 0 Å². The van der Waals surface area contributed by atoms with Crippen molar-refractivity contribution < 1.29 is 9.47 Å². The molecule has 0 spiro atoms. The first-order valence-corrected chi connectivity index (χ1v) is 6.67. The summed E-state index contributed by atoms with van der Waals surface area (Å²) in [6.07, 6.45) is 0.985. The lowest BCUT2D eigenvalue weighted by Gasteiger charge is -2.19. The molecule has 4 heteroatoms. The Morgan fingerprint density at radius 3 is 2.47 bits per heavy atom. The molecule has 0 aliphatic heterocycles. The van der Waals surface area contributed by atoms with E-state index in [4.69, 9.17) is 9.47 Å². The van der Waals surface area contributed by atoms with Crippen LogP contribution in [-0.2, 0) is 6.42 Å². The molecule has 1 rings (SSSR count). The topological polar surface area (TPSA) is 33.7 Å². The Morgan fingerprint density at radius 1 is 1.16 bits per heavy atom. The minimum atomic E-state index is 0.849. The molecule has 0 aliphatic carbocycles. The Kier molecular flexibility index (Phi) is 6.67. The van der Waals surface area contributed by atoms with Crippen molar-refractivity contribution in [1.82, 2.24) is 10.2 Å². The van der Waals surface area contributed by atoms with Gasteiger partial charge in [0.1, 0.15) is 11.5 Å². The van der Waals surface area contributed by atoms with Crippen LogP contribution in [0.15, 0.2) is 12.1 Å². The fourth-order valence-corrected chi connectivity index (χ4v) is 2.09. The first kappa shape index (κ1) is 15.8. The predicted molar refractivity (Wildman–Crippen MR) is 79.4 cm³/mol. The summed E-state index contributed by atoms with van der Waals surface area (Å²) in [5.41, 5.74) is 2.48. The minimum Gasteiger partial charge on any atom is -0.497 e. The second kappa shape index (κ2) is 8.02. The van der Waals surface area contributed by atoms with Crippen LogP contribution in [-0.4, -0.2) is 52.8 Å². The molecular formula is C15H26N2O2. The number of likely N-dealkylation sites (N-methyl/N-ethyl adjacent to an activating group) is 2. The fraction of sp³-hybridized carbons (Fsp3) is 0.600. The second-order valence-electron chi connectivity index (χ2n) is 4.78. The summed E-state index contributed by atoms with van der Waals surface area (Å²) in [6.45, 7) is 5.18. The number of benzene rings is 1. The van der Waals surface area contributed by atoms with Crippen molar-refractivity contribution in [2.75, 3.05) is 47.9 Å². The molecule has 19 heavy (non-hydrogen) atoms. The van der Waals surface area contributed by atoms with Crippen LogP contribution < -0.4 is 14.8 Å². The zero-order valence-corrected chi connectivity index (χ0v) is 12.7. The first-order chi connectivity index (χ1) is 9.12. The van der Waals surface area contributed by atoms with Crippen LogP contribution in [0.25, 0.3) is 0 Å². The van der Waals surface area contributed by atoms with Gasteiger partial charge in [0.05, 0.1) is 14.2 Å². The average molecular weight is 266 g/mol. The van der Waals surface area contributed by atoms with Gasteiger partial charge in [-0.1, -0.05) is 0 Å². The van der Waals surface area contributed by atoms with Gasteiger partial charge in [0.2, 0.25) is 0 Å². The molecule has 0 aromatic heterocycles. The van der Waals surface area contributed by atoms with E-state index >= 15 is 0 Å². The van der Waals surface area contributed by atoms with E-state index in [9.17, 15) is 0 Å². The highest BCUT2D eigenvalue weighted by molar-refractivity contribution is 5.46. The van der Waals surface area contributed by atoms with E-state index in [0.717, 1.165) is 37.6 Å². The standard InChI is InChI=1S/C15H26N2O2/c1-12-10-13(18-4)11-15(19-5)14(12)6-8-17(3)9-7-16-2/h10-11,16H,6-9H2,1-5H3. The number of aryl methyl sites for hydroxylation is 1. The molecule has 1 N–H and O–H groups in total. The van der Waals surface area contributed by atoms with Gasteiger partial charge >= 0.3 is 0 Å². The van der Waals surface area contributed by atoms with E-state index in [1.54, 1.807) is 14.2 Å². The van der Waals surface area contributed by atoms with Crippen molar-refractivity contribution in [3.8, 4) is 11.5 Å². The maximum absolute atomic E-state index is 5.47. The smallest absolute Gasteiger partial charge is 0.126 e. The van der Waals surface area contributed by atoms with Gasteiger partial charge in [-0.3, -0.25) is 0 Å². The molecule has 0 radical (unpaired) electrons. The number of hydrogen-bond acceptors (Lipinski definition) is 4. The quantitative estimate of drug-likeness (QED) is 0.776. The Labute approximate surface area is 116 Å². The fourth-order valence-electron chi connectivity index (χ4n) is 2.09. The van der Waals surface area contributed by atoms with Gasteiger partial charge in [-0.2, -0.15) is 0 Å². The Balaban J connectivity index is 2.71. The molecule has 0 saturated heterocycles. The number of hydrogen-bond donors (Lipinski definition) is 1. The van der Waals surface area contributed by atoms with Crippen LogP contribution in [0.2, 0.25) is 0 Å². The lowest BCUT2D eigenvalue weighted by Crippen LogP contribution is -2.29. The van der Waals surface area contributed by atoms with Gasteiger partial charge in [-0.25, -0.2) is 0 Å². The lowest BCUT2D eigenvalue weighted by atomic mass is 10.0. The predicted octanol–water partition coefficient (Wildman–Crippen LogP) is 1.71. The van der Waals surface area contributed by atoms with E-state index in [-0.39, 0.29) is 0 Å². The molecule has 1 aromatic rings. The summed E-state index contributed by atoms with van der Waals surface area (Å²) in [5.74, 6) is 1.76. The van der Waals surface area contributed by atoms with Crippen molar-refractivity contribution in [3.63, 3.8) is 0 Å². The van der Waals surface area contributed by atoms with Crippen LogP contribution in [0.1, 0.15) is 11.1 Å². The van der Waals surface area contributed by atoms with Gasteiger partial charge in [0.25, 0.3) is 0 Å². The van der Waals surface area contributed by atoms with Crippen LogP contribution in [0.5, 0.6) is 11.5 Å². The third-order valence-electron chi connectivity index (χ3n) is 3.35. The van der Waals surface area contributed by atoms with Crippen LogP contribution in [0.3, 0.4) is 0 Å². The second-order valence-corrected chi connectivity index (χ2v) is 4.78. The van der Waals surface area contributed by atoms with Gasteiger partial charge in [-0.15, -0.1) is 0 Å². The molecule has 1 aromatic carbocycles. The molecule has 4 nitrogen and oxygen atoms in total. The zero-order chi connectivity index (χ0) is 14.3. The SMILES string of the molecule is CNCCN(C)CCc1c(C)cc(OC)cc1OC. The molecule has 108 valence electrons. The highest BCUT2D eigenvalue weighted by Crippen LogP contribution is 2.28. The summed E-state index contributed by atoms with van der Waals surface area (Å²) in [4.78, 5) is 2.32. The van der Waals surface area contributed by atoms with Gasteiger partial charge in [0, 0.05) is 25.7 Å². The number of rotatable bonds is 8. The third-order valence-corrected chi connectivity index (χ3v) is 3.35. The number of ether oxygens (including phenoxy) is 2. The molecule has 0 heterocycles. The largest absolute Gasteiger partial charge is 0.497 e. The zero-order valence-electron chi connectivity index (χ0n) is 12.7. The van der Waals surface area contributed by atoms with E-state index in [1.807, 2.05) is 13.1 Å². The number of nitrogens with zero attached hydrogens (tertiary/aromatic N) is 1. The molecule has 0 fully saturated rings. The summed E-state index contributed by atoms with van der Waals surface area (Å²) in [7, 11) is 7.51. The molecule has 0 bridgehead atoms. The van der Waals surface area contributed by atoms with Crippen molar-refractivity contribution >= 4 is 0 Å². The summed E-state index contributed by atoms with van der Waals surface area (Å²) < 4.78 is 10.7. The number of methoxy groups -OCH3 is 2. The first-order valence-electron chi connectivity index (χ1n) is 6.67. The number of nitrogens with one attached hydrogen (secondary N) is 1. The van der Waals surface area contributed by atoms with Crippen molar-refractivity contribution in [1.29, 1.82) is 0 Å². The lowest BCUT2D eigenvalue weighted by molar-refractivity contribution is 0.335. The normalized spacial score (nSPS) is 10.8. The Bertz CT molecular complexity index is 394. The Morgan fingerprint density at radius 2 is 1.89 bits per heavy atom. The highest BCUT2D eigenvalue weighted by atomic mass is 16.5. The van der Waals surface area contributed by atoms with Crippen LogP contribution in [0, 0.1) is 6.92 Å². The maximum atomic E-state index is 5.47. The van der Waals surface area contributed by atoms with Crippen LogP contribution in [0.4, 0.5) is 0 Å². The minimum absolute atomic E-state index is 0.849. The molecule has 0 saturated carbocycles. The molecule has 0 unspecified atom stereocenters. The van der Waals surface area contributed by atoms with Gasteiger partial charge in [-0.05, 0) is 44.6 Å². The molecule has 0 aliphatic rings. The van der Waals surface area contributed by atoms with Crippen LogP contribution >= 0.6 is 0 Å².